The molecule has 0 saturated carbocycles. The number of piperazine rings is 1. The topological polar surface area (TPSA) is 45.8 Å². The first kappa shape index (κ1) is 21.6. The molecule has 166 valence electrons. The molecular weight excluding hydrogens is 407 g/mol. The van der Waals surface area contributed by atoms with Gasteiger partial charge in [-0.25, -0.2) is 4.98 Å². The molecule has 0 amide bonds. The van der Waals surface area contributed by atoms with Crippen LogP contribution in [0.4, 0.5) is 13.2 Å². The van der Waals surface area contributed by atoms with E-state index >= 15 is 0 Å². The number of nitrogens with zero attached hydrogens (tertiary/aromatic N) is 5. The molecule has 6 nitrogen and oxygen atoms in total. The van der Waals surface area contributed by atoms with E-state index in [4.69, 9.17) is 0 Å². The van der Waals surface area contributed by atoms with Gasteiger partial charge in [-0.1, -0.05) is 6.07 Å². The highest BCUT2D eigenvalue weighted by atomic mass is 19.4. The Hall–Kier alpha value is -2.65. The van der Waals surface area contributed by atoms with E-state index in [1.807, 2.05) is 35.0 Å². The molecule has 0 aromatic carbocycles. The summed E-state index contributed by atoms with van der Waals surface area (Å²) in [5.41, 5.74) is 3.15. The zero-order chi connectivity index (χ0) is 22.2. The van der Waals surface area contributed by atoms with Gasteiger partial charge in [0.2, 0.25) is 0 Å². The Balaban J connectivity index is 1.32. The molecule has 0 unspecified atom stereocenters. The van der Waals surface area contributed by atoms with E-state index in [2.05, 4.69) is 14.8 Å². The Morgan fingerprint density at radius 3 is 2.48 bits per heavy atom. The molecule has 1 fully saturated rings. The number of hydrogen-bond acceptors (Lipinski definition) is 4. The highest BCUT2D eigenvalue weighted by molar-refractivity contribution is 5.99. The first-order chi connectivity index (χ1) is 14.7. The maximum absolute atomic E-state index is 12.8. The summed E-state index contributed by atoms with van der Waals surface area (Å²) < 4.78 is 41.6. The number of pyridine rings is 1. The standard InChI is InChI=1S/C22H26F3N5O/c1-16-11-19(17(2)30(16)15-22(23,24)25)20(31)14-28-9-7-27(8-10-28)12-18-13-29-6-4-3-5-21(29)26-18/h3-6,11,13H,7-10,12,14-15H2,1-2H3. The Morgan fingerprint density at radius 1 is 1.10 bits per heavy atom. The number of hydrogen-bond donors (Lipinski definition) is 0. The van der Waals surface area contributed by atoms with Crippen LogP contribution in [0.3, 0.4) is 0 Å². The summed E-state index contributed by atoms with van der Waals surface area (Å²) in [5, 5.41) is 0. The van der Waals surface area contributed by atoms with E-state index in [0.29, 0.717) is 17.0 Å². The first-order valence-corrected chi connectivity index (χ1v) is 10.3. The summed E-state index contributed by atoms with van der Waals surface area (Å²) in [7, 11) is 0. The van der Waals surface area contributed by atoms with Crippen LogP contribution in [0.2, 0.25) is 0 Å². The van der Waals surface area contributed by atoms with E-state index in [0.717, 1.165) is 44.1 Å². The van der Waals surface area contributed by atoms with Crippen molar-refractivity contribution in [2.75, 3.05) is 32.7 Å². The van der Waals surface area contributed by atoms with Crippen molar-refractivity contribution in [1.29, 1.82) is 0 Å². The van der Waals surface area contributed by atoms with Crippen LogP contribution in [0.5, 0.6) is 0 Å². The third-order valence-electron chi connectivity index (χ3n) is 5.84. The minimum absolute atomic E-state index is 0.129. The maximum atomic E-state index is 12.8. The van der Waals surface area contributed by atoms with E-state index in [-0.39, 0.29) is 12.3 Å². The number of alkyl halides is 3. The Morgan fingerprint density at radius 2 is 1.81 bits per heavy atom. The number of ketones is 1. The summed E-state index contributed by atoms with van der Waals surface area (Å²) in [4.78, 5) is 21.8. The third kappa shape index (κ3) is 4.99. The van der Waals surface area contributed by atoms with Crippen LogP contribution in [0.15, 0.2) is 36.7 Å². The zero-order valence-electron chi connectivity index (χ0n) is 17.7. The van der Waals surface area contributed by atoms with Gasteiger partial charge in [-0.15, -0.1) is 0 Å². The van der Waals surface area contributed by atoms with Crippen LogP contribution in [0.25, 0.3) is 5.65 Å². The Labute approximate surface area is 178 Å². The summed E-state index contributed by atoms with van der Waals surface area (Å²) in [5.74, 6) is -0.129. The monoisotopic (exact) mass is 433 g/mol. The molecule has 0 atom stereocenters. The predicted molar refractivity (Wildman–Crippen MR) is 111 cm³/mol. The lowest BCUT2D eigenvalue weighted by Crippen LogP contribution is -2.47. The first-order valence-electron chi connectivity index (χ1n) is 10.3. The molecule has 4 rings (SSSR count). The lowest BCUT2D eigenvalue weighted by molar-refractivity contribution is -0.141. The van der Waals surface area contributed by atoms with Crippen LogP contribution in [-0.4, -0.2) is 68.4 Å². The van der Waals surface area contributed by atoms with Crippen molar-refractivity contribution in [1.82, 2.24) is 23.8 Å². The molecule has 0 N–H and O–H groups in total. The van der Waals surface area contributed by atoms with E-state index < -0.39 is 12.7 Å². The molecule has 1 saturated heterocycles. The number of halogens is 3. The summed E-state index contributed by atoms with van der Waals surface area (Å²) >= 11 is 0. The number of carbonyl (C=O) groups excluding carboxylic acids is 1. The second-order valence-electron chi connectivity index (χ2n) is 8.16. The van der Waals surface area contributed by atoms with Crippen LogP contribution >= 0.6 is 0 Å². The van der Waals surface area contributed by atoms with Gasteiger partial charge in [0.1, 0.15) is 12.2 Å². The molecule has 1 aliphatic heterocycles. The fourth-order valence-corrected chi connectivity index (χ4v) is 4.19. The quantitative estimate of drug-likeness (QED) is 0.560. The lowest BCUT2D eigenvalue weighted by atomic mass is 10.1. The molecule has 3 aromatic rings. The van der Waals surface area contributed by atoms with Crippen molar-refractivity contribution in [3.05, 3.63) is 59.3 Å². The minimum atomic E-state index is -4.31. The molecule has 4 heterocycles. The fourth-order valence-electron chi connectivity index (χ4n) is 4.19. The van der Waals surface area contributed by atoms with Gasteiger partial charge < -0.3 is 8.97 Å². The van der Waals surface area contributed by atoms with Crippen molar-refractivity contribution in [2.24, 2.45) is 0 Å². The van der Waals surface area contributed by atoms with Gasteiger partial charge in [0.05, 0.1) is 12.2 Å². The van der Waals surface area contributed by atoms with E-state index in [1.54, 1.807) is 19.9 Å². The highest BCUT2D eigenvalue weighted by Gasteiger charge is 2.30. The van der Waals surface area contributed by atoms with Gasteiger partial charge >= 0.3 is 6.18 Å². The number of fused-ring (bicyclic) bond motifs is 1. The fraction of sp³-hybridized carbons (Fsp3) is 0.455. The summed E-state index contributed by atoms with van der Waals surface area (Å²) in [6.07, 6.45) is -0.310. The highest BCUT2D eigenvalue weighted by Crippen LogP contribution is 2.23. The molecule has 3 aromatic heterocycles. The molecule has 9 heteroatoms. The smallest absolute Gasteiger partial charge is 0.339 e. The minimum Gasteiger partial charge on any atom is -0.339 e. The third-order valence-corrected chi connectivity index (χ3v) is 5.84. The molecule has 0 aliphatic carbocycles. The molecule has 1 aliphatic rings. The maximum Gasteiger partial charge on any atom is 0.406 e. The van der Waals surface area contributed by atoms with Crippen molar-refractivity contribution >= 4 is 11.4 Å². The van der Waals surface area contributed by atoms with Crippen LogP contribution in [0, 0.1) is 13.8 Å². The number of aromatic nitrogens is 3. The second kappa shape index (κ2) is 8.47. The number of carbonyl (C=O) groups is 1. The number of Topliss-reactive ketones (excluding diaryl/α,β-unsaturated/α-hetero) is 1. The number of aryl methyl sites for hydroxylation is 1. The van der Waals surface area contributed by atoms with Crippen molar-refractivity contribution in [3.63, 3.8) is 0 Å². The van der Waals surface area contributed by atoms with E-state index in [1.165, 1.54) is 4.57 Å². The van der Waals surface area contributed by atoms with Crippen LogP contribution < -0.4 is 0 Å². The Kier molecular flexibility index (Phi) is 5.90. The van der Waals surface area contributed by atoms with Gasteiger partial charge in [-0.2, -0.15) is 13.2 Å². The van der Waals surface area contributed by atoms with Gasteiger partial charge in [-0.05, 0) is 32.0 Å². The summed E-state index contributed by atoms with van der Waals surface area (Å²) in [6, 6.07) is 7.47. The Bertz CT molecular complexity index is 1040. The summed E-state index contributed by atoms with van der Waals surface area (Å²) in [6.45, 7) is 6.19. The number of rotatable bonds is 6. The average molecular weight is 433 g/mol. The van der Waals surface area contributed by atoms with Crippen molar-refractivity contribution in [3.8, 4) is 0 Å². The van der Waals surface area contributed by atoms with Gasteiger partial charge in [-0.3, -0.25) is 14.6 Å². The van der Waals surface area contributed by atoms with Crippen LogP contribution in [0.1, 0.15) is 27.4 Å². The van der Waals surface area contributed by atoms with Crippen molar-refractivity contribution < 1.29 is 18.0 Å². The van der Waals surface area contributed by atoms with Gasteiger partial charge in [0.15, 0.2) is 5.78 Å². The average Bonchev–Trinajstić information content (AvgIpc) is 3.23. The largest absolute Gasteiger partial charge is 0.406 e. The van der Waals surface area contributed by atoms with Crippen molar-refractivity contribution in [2.45, 2.75) is 33.1 Å². The second-order valence-corrected chi connectivity index (χ2v) is 8.16. The van der Waals surface area contributed by atoms with Crippen LogP contribution in [-0.2, 0) is 13.1 Å². The molecule has 0 spiro atoms. The lowest BCUT2D eigenvalue weighted by Gasteiger charge is -2.33. The SMILES string of the molecule is Cc1cc(C(=O)CN2CCN(Cc3cn4ccccc4n3)CC2)c(C)n1CC(F)(F)F. The zero-order valence-corrected chi connectivity index (χ0v) is 17.7. The molecule has 31 heavy (non-hydrogen) atoms. The predicted octanol–water partition coefficient (Wildman–Crippen LogP) is 3.32. The van der Waals surface area contributed by atoms with Gasteiger partial charge in [0.25, 0.3) is 0 Å². The molecule has 0 radical (unpaired) electrons. The normalized spacial score (nSPS) is 16.3. The van der Waals surface area contributed by atoms with Gasteiger partial charge in [0, 0.05) is 62.1 Å². The van der Waals surface area contributed by atoms with E-state index in [9.17, 15) is 18.0 Å². The molecular formula is C22H26F3N5O. The number of imidazole rings is 1. The molecule has 0 bridgehead atoms.